The third-order valence-electron chi connectivity index (χ3n) is 6.46. The molecule has 0 aromatic heterocycles. The van der Waals surface area contributed by atoms with Crippen LogP contribution in [0.1, 0.15) is 56.1 Å². The Hall–Kier alpha value is -1.73. The zero-order chi connectivity index (χ0) is 19.9. The molecule has 0 bridgehead atoms. The van der Waals surface area contributed by atoms with Gasteiger partial charge in [-0.15, -0.1) is 0 Å². The molecule has 2 saturated heterocycles. The zero-order valence-electron chi connectivity index (χ0n) is 16.4. The van der Waals surface area contributed by atoms with Crippen LogP contribution in [0.15, 0.2) is 23.1 Å². The first kappa shape index (κ1) is 19.6. The predicted octanol–water partition coefficient (Wildman–Crippen LogP) is 2.84. The highest BCUT2D eigenvalue weighted by atomic mass is 32.2. The minimum atomic E-state index is -3.55. The number of benzene rings is 1. The first-order chi connectivity index (χ1) is 13.4. The number of amides is 2. The van der Waals surface area contributed by atoms with Crippen molar-refractivity contribution < 1.29 is 18.0 Å². The average molecular weight is 405 g/mol. The van der Waals surface area contributed by atoms with Crippen LogP contribution in [-0.4, -0.2) is 42.5 Å². The lowest BCUT2D eigenvalue weighted by Crippen LogP contribution is -2.36. The van der Waals surface area contributed by atoms with E-state index in [0.717, 1.165) is 44.9 Å². The van der Waals surface area contributed by atoms with Gasteiger partial charge in [-0.05, 0) is 49.8 Å². The topological polar surface area (TPSA) is 74.8 Å². The highest BCUT2D eigenvalue weighted by Crippen LogP contribution is 2.38. The second kappa shape index (κ2) is 7.59. The molecule has 0 N–H and O–H groups in total. The molecule has 1 saturated carbocycles. The fraction of sp³-hybridized carbons (Fsp3) is 0.619. The van der Waals surface area contributed by atoms with Crippen molar-refractivity contribution in [1.82, 2.24) is 9.21 Å². The third-order valence-corrected chi connectivity index (χ3v) is 8.50. The third kappa shape index (κ3) is 3.39. The Kier molecular flexibility index (Phi) is 5.31. The highest BCUT2D eigenvalue weighted by Gasteiger charge is 2.47. The molecule has 3 fully saturated rings. The highest BCUT2D eigenvalue weighted by molar-refractivity contribution is 7.89. The Balaban J connectivity index is 1.59. The number of nitrogens with zero attached hydrogens (tertiary/aromatic N) is 2. The van der Waals surface area contributed by atoms with Gasteiger partial charge in [0, 0.05) is 13.1 Å². The summed E-state index contributed by atoms with van der Waals surface area (Å²) in [7, 11) is -3.55. The van der Waals surface area contributed by atoms with Crippen molar-refractivity contribution >= 4 is 21.8 Å². The van der Waals surface area contributed by atoms with Crippen molar-refractivity contribution in [3.8, 4) is 0 Å². The summed E-state index contributed by atoms with van der Waals surface area (Å²) in [6.45, 7) is 3.06. The van der Waals surface area contributed by atoms with E-state index in [1.807, 2.05) is 6.07 Å². The number of hydrogen-bond donors (Lipinski definition) is 0. The van der Waals surface area contributed by atoms with Crippen LogP contribution in [0.5, 0.6) is 0 Å². The second-order valence-corrected chi connectivity index (χ2v) is 10.2. The predicted molar refractivity (Wildman–Crippen MR) is 105 cm³/mol. The number of fused-ring (bicyclic) bond motifs is 1. The van der Waals surface area contributed by atoms with E-state index in [4.69, 9.17) is 0 Å². The molecule has 2 amide bonds. The van der Waals surface area contributed by atoms with E-state index in [1.54, 1.807) is 23.4 Å². The molecule has 0 radical (unpaired) electrons. The van der Waals surface area contributed by atoms with Gasteiger partial charge in [-0.1, -0.05) is 31.4 Å². The summed E-state index contributed by atoms with van der Waals surface area (Å²) >= 11 is 0. The molecule has 3 aliphatic rings. The van der Waals surface area contributed by atoms with Gasteiger partial charge in [-0.3, -0.25) is 14.5 Å². The van der Waals surface area contributed by atoms with Crippen molar-refractivity contribution in [3.63, 3.8) is 0 Å². The fourth-order valence-corrected chi connectivity index (χ4v) is 6.63. The first-order valence-corrected chi connectivity index (χ1v) is 11.8. The summed E-state index contributed by atoms with van der Waals surface area (Å²) in [5.74, 6) is -0.530. The zero-order valence-corrected chi connectivity index (χ0v) is 17.2. The van der Waals surface area contributed by atoms with Gasteiger partial charge in [0.1, 0.15) is 0 Å². The maximum atomic E-state index is 13.1. The molecule has 4 rings (SSSR count). The molecule has 1 aromatic rings. The van der Waals surface area contributed by atoms with Crippen LogP contribution in [0, 0.1) is 18.8 Å². The molecule has 1 aliphatic carbocycles. The van der Waals surface area contributed by atoms with Crippen LogP contribution >= 0.6 is 0 Å². The van der Waals surface area contributed by atoms with Crippen molar-refractivity contribution in [3.05, 3.63) is 29.3 Å². The summed E-state index contributed by atoms with van der Waals surface area (Å²) in [6.07, 6.45) is 6.40. The van der Waals surface area contributed by atoms with E-state index >= 15 is 0 Å². The van der Waals surface area contributed by atoms with Crippen LogP contribution in [0.2, 0.25) is 0 Å². The first-order valence-electron chi connectivity index (χ1n) is 10.3. The van der Waals surface area contributed by atoms with Crippen molar-refractivity contribution in [2.24, 2.45) is 11.8 Å². The minimum absolute atomic E-state index is 0.0873. The molecule has 1 aromatic carbocycles. The van der Waals surface area contributed by atoms with Gasteiger partial charge in [0.05, 0.1) is 23.3 Å². The Morgan fingerprint density at radius 2 is 1.54 bits per heavy atom. The van der Waals surface area contributed by atoms with Crippen LogP contribution in [0.3, 0.4) is 0 Å². The molecule has 6 nitrogen and oxygen atoms in total. The smallest absolute Gasteiger partial charge is 0.243 e. The lowest BCUT2D eigenvalue weighted by atomic mass is 9.81. The molecule has 0 unspecified atom stereocenters. The summed E-state index contributed by atoms with van der Waals surface area (Å²) < 4.78 is 27.8. The summed E-state index contributed by atoms with van der Waals surface area (Å²) in [5, 5.41) is 0. The molecule has 7 heteroatoms. The number of aryl methyl sites for hydroxylation is 1. The largest absolute Gasteiger partial charge is 0.278 e. The molecule has 2 aliphatic heterocycles. The summed E-state index contributed by atoms with van der Waals surface area (Å²) in [5.41, 5.74) is 1.39. The number of imide groups is 1. The van der Waals surface area contributed by atoms with E-state index in [1.165, 1.54) is 4.90 Å². The lowest BCUT2D eigenvalue weighted by Gasteiger charge is -2.27. The molecule has 28 heavy (non-hydrogen) atoms. The quantitative estimate of drug-likeness (QED) is 0.723. The van der Waals surface area contributed by atoms with Crippen molar-refractivity contribution in [1.29, 1.82) is 0 Å². The maximum absolute atomic E-state index is 13.1. The number of likely N-dealkylation sites (tertiary alicyclic amines) is 1. The molecular formula is C21H28N2O4S. The van der Waals surface area contributed by atoms with Crippen LogP contribution < -0.4 is 0 Å². The Bertz CT molecular complexity index is 866. The van der Waals surface area contributed by atoms with Crippen LogP contribution in [0.4, 0.5) is 0 Å². The van der Waals surface area contributed by atoms with E-state index in [9.17, 15) is 18.0 Å². The number of carbonyl (C=O) groups excluding carboxylic acids is 2. The van der Waals surface area contributed by atoms with E-state index in [0.29, 0.717) is 29.1 Å². The average Bonchev–Trinajstić information content (AvgIpc) is 2.95. The summed E-state index contributed by atoms with van der Waals surface area (Å²) in [4.78, 5) is 27.1. The molecule has 2 atom stereocenters. The van der Waals surface area contributed by atoms with E-state index in [-0.39, 0.29) is 30.2 Å². The van der Waals surface area contributed by atoms with Gasteiger partial charge in [0.15, 0.2) is 0 Å². The van der Waals surface area contributed by atoms with Crippen LogP contribution in [-0.2, 0) is 26.2 Å². The molecule has 0 spiro atoms. The molecule has 152 valence electrons. The number of hydrogen-bond acceptors (Lipinski definition) is 4. The summed E-state index contributed by atoms with van der Waals surface area (Å²) in [6, 6.07) is 5.26. The van der Waals surface area contributed by atoms with E-state index in [2.05, 4.69) is 0 Å². The second-order valence-electron chi connectivity index (χ2n) is 8.32. The molecular weight excluding hydrogens is 376 g/mol. The van der Waals surface area contributed by atoms with Gasteiger partial charge >= 0.3 is 0 Å². The van der Waals surface area contributed by atoms with Gasteiger partial charge in [0.25, 0.3) is 0 Å². The maximum Gasteiger partial charge on any atom is 0.243 e. The SMILES string of the molecule is Cc1ccc(CN2C(=O)[C@H]3CCCC[C@H]3C2=O)cc1S(=O)(=O)N1CCCCC1. The minimum Gasteiger partial charge on any atom is -0.278 e. The number of sulfonamides is 1. The van der Waals surface area contributed by atoms with Crippen molar-refractivity contribution in [2.45, 2.75) is 63.3 Å². The van der Waals surface area contributed by atoms with Gasteiger partial charge in [0.2, 0.25) is 21.8 Å². The van der Waals surface area contributed by atoms with Gasteiger partial charge < -0.3 is 0 Å². The van der Waals surface area contributed by atoms with Gasteiger partial charge in [-0.2, -0.15) is 4.31 Å². The Morgan fingerprint density at radius 3 is 2.14 bits per heavy atom. The number of carbonyl (C=O) groups is 2. The monoisotopic (exact) mass is 404 g/mol. The normalized spacial score (nSPS) is 26.5. The molecule has 2 heterocycles. The number of rotatable bonds is 4. The fourth-order valence-electron chi connectivity index (χ4n) is 4.83. The number of piperidine rings is 1. The standard InChI is InChI=1S/C21H28N2O4S/c1-15-9-10-16(13-19(15)28(26,27)22-11-5-2-6-12-22)14-23-20(24)17-7-3-4-8-18(17)21(23)25/h9-10,13,17-18H,2-8,11-12,14H2,1H3/t17-,18+. The van der Waals surface area contributed by atoms with Crippen molar-refractivity contribution in [2.75, 3.05) is 13.1 Å². The van der Waals surface area contributed by atoms with Gasteiger partial charge in [-0.25, -0.2) is 8.42 Å². The lowest BCUT2D eigenvalue weighted by molar-refractivity contribution is -0.140. The van der Waals surface area contributed by atoms with Crippen LogP contribution in [0.25, 0.3) is 0 Å². The Labute approximate surface area is 166 Å². The van der Waals surface area contributed by atoms with E-state index < -0.39 is 10.0 Å². The Morgan fingerprint density at radius 1 is 0.929 bits per heavy atom.